The van der Waals surface area contributed by atoms with Crippen LogP contribution in [0, 0.1) is 31.0 Å². The zero-order chi connectivity index (χ0) is 24.5. The van der Waals surface area contributed by atoms with E-state index in [-0.39, 0.29) is 0 Å². The molecule has 182 valence electrons. The molecule has 3 aromatic rings. The maximum absolute atomic E-state index is 15.2. The normalized spacial score (nSPS) is 17.8. The number of guanidine groups is 1. The summed E-state index contributed by atoms with van der Waals surface area (Å²) in [5.74, 6) is 1.63. The number of aliphatic imine (C=N–C) groups is 1. The number of hydrogen-bond donors (Lipinski definition) is 4. The highest BCUT2D eigenvalue weighted by atomic mass is 19.1. The fourth-order valence-corrected chi connectivity index (χ4v) is 4.94. The first kappa shape index (κ1) is 22.9. The lowest BCUT2D eigenvalue weighted by atomic mass is 9.95. The van der Waals surface area contributed by atoms with E-state index in [0.717, 1.165) is 18.4 Å². The molecule has 1 aliphatic carbocycles. The Morgan fingerprint density at radius 1 is 1.23 bits per heavy atom. The molecule has 4 N–H and O–H groups in total. The van der Waals surface area contributed by atoms with Crippen LogP contribution in [0.5, 0.6) is 5.75 Å². The number of anilines is 2. The number of nitrogens with one attached hydrogen (secondary N) is 4. The topological polar surface area (TPSA) is 123 Å². The van der Waals surface area contributed by atoms with Crippen LogP contribution in [0.25, 0.3) is 11.1 Å². The average molecular weight is 478 g/mol. The van der Waals surface area contributed by atoms with Crippen molar-refractivity contribution >= 4 is 17.5 Å². The van der Waals surface area contributed by atoms with Gasteiger partial charge in [-0.2, -0.15) is 5.26 Å². The van der Waals surface area contributed by atoms with Crippen LogP contribution in [0.4, 0.5) is 15.9 Å². The Hall–Kier alpha value is -3.84. The summed E-state index contributed by atoms with van der Waals surface area (Å²) >= 11 is 0. The van der Waals surface area contributed by atoms with Crippen LogP contribution in [-0.4, -0.2) is 29.3 Å². The second kappa shape index (κ2) is 9.43. The first-order valence-corrected chi connectivity index (χ1v) is 11.8. The van der Waals surface area contributed by atoms with Gasteiger partial charge in [-0.25, -0.2) is 9.38 Å². The van der Waals surface area contributed by atoms with Gasteiger partial charge in [-0.3, -0.25) is 5.32 Å². The highest BCUT2D eigenvalue weighted by Crippen LogP contribution is 2.38. The van der Waals surface area contributed by atoms with Crippen molar-refractivity contribution in [3.05, 3.63) is 46.7 Å². The van der Waals surface area contributed by atoms with E-state index in [2.05, 4.69) is 32.2 Å². The quantitative estimate of drug-likeness (QED) is 0.402. The van der Waals surface area contributed by atoms with E-state index in [1.165, 1.54) is 32.4 Å². The molecule has 1 aromatic carbocycles. The zero-order valence-corrected chi connectivity index (χ0v) is 20.0. The predicted molar refractivity (Wildman–Crippen MR) is 131 cm³/mol. The Morgan fingerprint density at radius 3 is 2.71 bits per heavy atom. The second-order valence-corrected chi connectivity index (χ2v) is 8.97. The molecule has 9 nitrogen and oxygen atoms in total. The minimum absolute atomic E-state index is 0.326. The molecule has 10 heteroatoms. The minimum atomic E-state index is -0.441. The first-order valence-electron chi connectivity index (χ1n) is 11.8. The van der Waals surface area contributed by atoms with Crippen LogP contribution in [0.3, 0.4) is 0 Å². The molecule has 1 unspecified atom stereocenters. The van der Waals surface area contributed by atoms with Crippen LogP contribution in [0.1, 0.15) is 60.9 Å². The molecule has 0 bridgehead atoms. The monoisotopic (exact) mass is 477 g/mol. The SMILES string of the molecule is COc1cc(-c2c(C)noc2C)c(F)cc1NC1=NC(NC2CCCCC2)c2c(C#N)c[nH]c2N1. The summed E-state index contributed by atoms with van der Waals surface area (Å²) in [7, 11) is 1.53. The van der Waals surface area contributed by atoms with E-state index >= 15 is 4.39 Å². The lowest BCUT2D eigenvalue weighted by Crippen LogP contribution is -2.38. The van der Waals surface area contributed by atoms with Crippen LogP contribution >= 0.6 is 0 Å². The number of fused-ring (bicyclic) bond motifs is 1. The van der Waals surface area contributed by atoms with Gasteiger partial charge in [0.1, 0.15) is 35.4 Å². The Balaban J connectivity index is 1.47. The van der Waals surface area contributed by atoms with E-state index in [1.54, 1.807) is 26.1 Å². The molecule has 2 aromatic heterocycles. The van der Waals surface area contributed by atoms with Gasteiger partial charge in [0.2, 0.25) is 5.96 Å². The van der Waals surface area contributed by atoms with Gasteiger partial charge in [0.15, 0.2) is 0 Å². The fraction of sp³-hybridized carbons (Fsp3) is 0.400. The molecule has 0 saturated heterocycles. The molecular weight excluding hydrogens is 449 g/mol. The molecule has 1 atom stereocenters. The summed E-state index contributed by atoms with van der Waals surface area (Å²) in [6.07, 6.45) is 7.01. The number of halogens is 1. The van der Waals surface area contributed by atoms with Gasteiger partial charge in [-0.15, -0.1) is 0 Å². The summed E-state index contributed by atoms with van der Waals surface area (Å²) in [6.45, 7) is 3.52. The third-order valence-electron chi connectivity index (χ3n) is 6.66. The Morgan fingerprint density at radius 2 is 2.03 bits per heavy atom. The fourth-order valence-electron chi connectivity index (χ4n) is 4.94. The van der Waals surface area contributed by atoms with Crippen LogP contribution in [-0.2, 0) is 0 Å². The number of ether oxygens (including phenoxy) is 1. The van der Waals surface area contributed by atoms with Gasteiger partial charge in [-0.1, -0.05) is 24.4 Å². The highest BCUT2D eigenvalue weighted by molar-refractivity contribution is 6.06. The van der Waals surface area contributed by atoms with Crippen molar-refractivity contribution in [2.75, 3.05) is 17.7 Å². The molecule has 0 spiro atoms. The number of rotatable bonds is 5. The molecule has 2 aliphatic rings. The van der Waals surface area contributed by atoms with Crippen LogP contribution in [0.15, 0.2) is 27.8 Å². The first-order chi connectivity index (χ1) is 17.0. The van der Waals surface area contributed by atoms with Crippen molar-refractivity contribution in [2.24, 2.45) is 4.99 Å². The predicted octanol–water partition coefficient (Wildman–Crippen LogP) is 5.12. The number of aryl methyl sites for hydroxylation is 2. The number of methoxy groups -OCH3 is 1. The smallest absolute Gasteiger partial charge is 0.203 e. The van der Waals surface area contributed by atoms with E-state index in [1.807, 2.05) is 0 Å². The largest absolute Gasteiger partial charge is 0.495 e. The summed E-state index contributed by atoms with van der Waals surface area (Å²) in [6, 6.07) is 5.56. The van der Waals surface area contributed by atoms with Gasteiger partial charge in [0.25, 0.3) is 0 Å². The van der Waals surface area contributed by atoms with Crippen molar-refractivity contribution < 1.29 is 13.7 Å². The lowest BCUT2D eigenvalue weighted by molar-refractivity contribution is 0.342. The summed E-state index contributed by atoms with van der Waals surface area (Å²) < 4.78 is 26.0. The van der Waals surface area contributed by atoms with Gasteiger partial charge in [0, 0.05) is 23.9 Å². The van der Waals surface area contributed by atoms with Gasteiger partial charge in [-0.05, 0) is 32.8 Å². The van der Waals surface area contributed by atoms with Crippen molar-refractivity contribution in [2.45, 2.75) is 58.2 Å². The van der Waals surface area contributed by atoms with E-state index < -0.39 is 12.0 Å². The van der Waals surface area contributed by atoms with Crippen molar-refractivity contribution in [3.8, 4) is 22.9 Å². The van der Waals surface area contributed by atoms with E-state index in [0.29, 0.717) is 57.4 Å². The minimum Gasteiger partial charge on any atom is -0.495 e. The zero-order valence-electron chi connectivity index (χ0n) is 20.0. The third kappa shape index (κ3) is 4.35. The van der Waals surface area contributed by atoms with Gasteiger partial charge < -0.3 is 24.9 Å². The molecule has 3 heterocycles. The summed E-state index contributed by atoms with van der Waals surface area (Å²) in [5, 5.41) is 23.5. The number of hydrogen-bond acceptors (Lipinski definition) is 8. The molecule has 0 radical (unpaired) electrons. The highest BCUT2D eigenvalue weighted by Gasteiger charge is 2.29. The Kier molecular flexibility index (Phi) is 6.17. The van der Waals surface area contributed by atoms with Gasteiger partial charge in [0.05, 0.1) is 35.2 Å². The van der Waals surface area contributed by atoms with Crippen LogP contribution < -0.4 is 20.7 Å². The number of aromatic amines is 1. The molecule has 1 aliphatic heterocycles. The number of H-pyrrole nitrogens is 1. The Labute approximate surface area is 202 Å². The number of nitrogens with zero attached hydrogens (tertiary/aromatic N) is 3. The summed E-state index contributed by atoms with van der Waals surface area (Å²) in [5.41, 5.74) is 3.30. The van der Waals surface area contributed by atoms with Crippen LogP contribution in [0.2, 0.25) is 0 Å². The van der Waals surface area contributed by atoms with E-state index in [4.69, 9.17) is 14.3 Å². The van der Waals surface area contributed by atoms with Crippen molar-refractivity contribution in [1.82, 2.24) is 15.5 Å². The molecule has 1 saturated carbocycles. The maximum atomic E-state index is 15.2. The molecule has 5 rings (SSSR count). The summed E-state index contributed by atoms with van der Waals surface area (Å²) in [4.78, 5) is 7.93. The molecule has 35 heavy (non-hydrogen) atoms. The standard InChI is InChI=1S/C25H28FN7O2/c1-13-21(14(2)35-33-13)17-9-20(34-3)19(10-18(17)26)30-25-31-23-22(15(11-27)12-28-23)24(32-25)29-16-7-5-4-6-8-16/h9-10,12,16,24,28-29H,4-8H2,1-3H3,(H2,30,31,32). The second-order valence-electron chi connectivity index (χ2n) is 8.97. The molecule has 1 fully saturated rings. The average Bonchev–Trinajstić information content (AvgIpc) is 3.42. The van der Waals surface area contributed by atoms with Crippen molar-refractivity contribution in [3.63, 3.8) is 0 Å². The van der Waals surface area contributed by atoms with Gasteiger partial charge >= 0.3 is 0 Å². The number of benzene rings is 1. The Bertz CT molecular complexity index is 1290. The molecule has 0 amide bonds. The third-order valence-corrected chi connectivity index (χ3v) is 6.66. The van der Waals surface area contributed by atoms with Crippen molar-refractivity contribution in [1.29, 1.82) is 5.26 Å². The lowest BCUT2D eigenvalue weighted by Gasteiger charge is -2.30. The molecular formula is C25H28FN7O2. The number of nitriles is 1. The van der Waals surface area contributed by atoms with E-state index in [9.17, 15) is 5.26 Å². The number of aromatic nitrogens is 2. The maximum Gasteiger partial charge on any atom is 0.203 e.